The van der Waals surface area contributed by atoms with Crippen LogP contribution in [0.3, 0.4) is 0 Å². The molecule has 5 heteroatoms. The van der Waals surface area contributed by atoms with Gasteiger partial charge in [-0.05, 0) is 44.8 Å². The van der Waals surface area contributed by atoms with Crippen LogP contribution in [0.2, 0.25) is 0 Å². The molecule has 33 heavy (non-hydrogen) atoms. The Morgan fingerprint density at radius 1 is 0.667 bits per heavy atom. The fourth-order valence-electron chi connectivity index (χ4n) is 4.32. The Morgan fingerprint density at radius 3 is 1.61 bits per heavy atom. The molecule has 1 aromatic heterocycles. The van der Waals surface area contributed by atoms with E-state index in [2.05, 4.69) is 52.3 Å². The van der Waals surface area contributed by atoms with Gasteiger partial charge in [-0.1, -0.05) is 91.0 Å². The summed E-state index contributed by atoms with van der Waals surface area (Å²) in [6, 6.07) is 33.8. The number of nitrogens with zero attached hydrogens (tertiary/aromatic N) is 2. The highest BCUT2D eigenvalue weighted by molar-refractivity contribution is 9.10. The van der Waals surface area contributed by atoms with Gasteiger partial charge in [0.15, 0.2) is 0 Å². The second-order valence-electron chi connectivity index (χ2n) is 7.70. The van der Waals surface area contributed by atoms with Crippen molar-refractivity contribution in [3.05, 3.63) is 148 Å². The summed E-state index contributed by atoms with van der Waals surface area (Å²) in [5, 5.41) is 4.88. The van der Waals surface area contributed by atoms with Crippen LogP contribution in [0.25, 0.3) is 11.3 Å². The quantitative estimate of drug-likeness (QED) is 0.229. The molecular weight excluding hydrogens is 482 g/mol. The zero-order chi connectivity index (χ0) is 22.8. The predicted octanol–water partition coefficient (Wildman–Crippen LogP) is 7.43. The number of rotatable bonds is 5. The smallest absolute Gasteiger partial charge is 0.138 e. The van der Waals surface area contributed by atoms with Crippen molar-refractivity contribution in [1.29, 1.82) is 0 Å². The van der Waals surface area contributed by atoms with Crippen molar-refractivity contribution in [2.45, 2.75) is 5.54 Å². The maximum Gasteiger partial charge on any atom is 0.138 e. The lowest BCUT2D eigenvalue weighted by Crippen LogP contribution is -2.38. The van der Waals surface area contributed by atoms with Gasteiger partial charge >= 0.3 is 0 Å². The van der Waals surface area contributed by atoms with Crippen molar-refractivity contribution in [3.63, 3.8) is 0 Å². The summed E-state index contributed by atoms with van der Waals surface area (Å²) in [6.07, 6.45) is 1.85. The average molecular weight is 501 g/mol. The average Bonchev–Trinajstić information content (AvgIpc) is 3.23. The van der Waals surface area contributed by atoms with E-state index in [9.17, 15) is 8.78 Å². The first-order valence-corrected chi connectivity index (χ1v) is 11.3. The molecule has 0 aliphatic carbocycles. The molecule has 5 rings (SSSR count). The maximum absolute atomic E-state index is 14.7. The molecule has 0 radical (unpaired) electrons. The summed E-state index contributed by atoms with van der Waals surface area (Å²) in [7, 11) is 0. The number of hydrogen-bond donors (Lipinski definition) is 0. The van der Waals surface area contributed by atoms with Crippen LogP contribution in [0.15, 0.2) is 120 Å². The third kappa shape index (κ3) is 3.68. The van der Waals surface area contributed by atoms with Crippen molar-refractivity contribution in [2.24, 2.45) is 0 Å². The molecule has 4 aromatic carbocycles. The minimum Gasteiger partial charge on any atom is -0.251 e. The highest BCUT2D eigenvalue weighted by atomic mass is 79.9. The van der Waals surface area contributed by atoms with Crippen molar-refractivity contribution in [3.8, 4) is 11.3 Å². The maximum atomic E-state index is 14.7. The van der Waals surface area contributed by atoms with Gasteiger partial charge < -0.3 is 0 Å². The minimum atomic E-state index is -0.818. The van der Waals surface area contributed by atoms with Crippen LogP contribution < -0.4 is 0 Å². The highest BCUT2D eigenvalue weighted by Gasteiger charge is 2.40. The third-order valence-electron chi connectivity index (χ3n) is 5.77. The topological polar surface area (TPSA) is 17.8 Å². The molecule has 0 fully saturated rings. The molecule has 0 saturated heterocycles. The van der Waals surface area contributed by atoms with Crippen molar-refractivity contribution in [1.82, 2.24) is 9.78 Å². The fraction of sp³-hybridized carbons (Fsp3) is 0.0357. The van der Waals surface area contributed by atoms with E-state index in [0.717, 1.165) is 22.8 Å². The van der Waals surface area contributed by atoms with Crippen LogP contribution in [-0.2, 0) is 5.54 Å². The lowest BCUT2D eigenvalue weighted by Gasteiger charge is -2.36. The number of halogens is 3. The van der Waals surface area contributed by atoms with Crippen LogP contribution in [0.4, 0.5) is 8.78 Å². The SMILES string of the molecule is Fc1ccc(-c2nn(C(c3ccccc3)(c3ccccc3)c3ccccc3)cc2Br)c(F)c1. The summed E-state index contributed by atoms with van der Waals surface area (Å²) in [5.74, 6) is -1.29. The van der Waals surface area contributed by atoms with Gasteiger partial charge in [-0.15, -0.1) is 0 Å². The van der Waals surface area contributed by atoms with Gasteiger partial charge in [-0.3, -0.25) is 4.68 Å². The van der Waals surface area contributed by atoms with Crippen LogP contribution >= 0.6 is 15.9 Å². The minimum absolute atomic E-state index is 0.227. The zero-order valence-electron chi connectivity index (χ0n) is 17.5. The van der Waals surface area contributed by atoms with Crippen LogP contribution in [0.5, 0.6) is 0 Å². The molecule has 0 aliphatic rings. The first kappa shape index (κ1) is 21.3. The van der Waals surface area contributed by atoms with Crippen molar-refractivity contribution < 1.29 is 8.78 Å². The lowest BCUT2D eigenvalue weighted by atomic mass is 9.77. The lowest BCUT2D eigenvalue weighted by molar-refractivity contribution is 0.461. The highest BCUT2D eigenvalue weighted by Crippen LogP contribution is 2.42. The van der Waals surface area contributed by atoms with E-state index in [1.165, 1.54) is 12.1 Å². The van der Waals surface area contributed by atoms with E-state index in [-0.39, 0.29) is 5.56 Å². The number of benzene rings is 4. The molecule has 0 bridgehead atoms. The molecule has 5 aromatic rings. The standard InChI is InChI=1S/C28H19BrF2N2/c29-25-19-33(32-27(25)24-17-16-23(30)18-26(24)31)28(20-10-4-1-5-11-20,21-12-6-2-7-13-21)22-14-8-3-9-15-22/h1-19H. The molecular formula is C28H19BrF2N2. The van der Waals surface area contributed by atoms with Gasteiger partial charge in [-0.2, -0.15) is 5.10 Å². The van der Waals surface area contributed by atoms with Crippen LogP contribution in [0, 0.1) is 11.6 Å². The molecule has 1 heterocycles. The molecule has 0 unspecified atom stereocenters. The molecule has 162 valence electrons. The van der Waals surface area contributed by atoms with E-state index in [1.54, 1.807) is 0 Å². The van der Waals surface area contributed by atoms with E-state index in [1.807, 2.05) is 65.5 Å². The molecule has 2 nitrogen and oxygen atoms in total. The van der Waals surface area contributed by atoms with Gasteiger partial charge in [-0.25, -0.2) is 8.78 Å². The van der Waals surface area contributed by atoms with Crippen molar-refractivity contribution >= 4 is 15.9 Å². The van der Waals surface area contributed by atoms with Gasteiger partial charge in [0.1, 0.15) is 22.9 Å². The fourth-order valence-corrected chi connectivity index (χ4v) is 4.81. The predicted molar refractivity (Wildman–Crippen MR) is 130 cm³/mol. The Morgan fingerprint density at radius 2 is 1.15 bits per heavy atom. The second kappa shape index (κ2) is 8.75. The van der Waals surface area contributed by atoms with Gasteiger partial charge in [0, 0.05) is 17.8 Å². The zero-order valence-corrected chi connectivity index (χ0v) is 19.1. The molecule has 0 amide bonds. The molecule has 0 aliphatic heterocycles. The monoisotopic (exact) mass is 500 g/mol. The number of hydrogen-bond acceptors (Lipinski definition) is 1. The first-order chi connectivity index (χ1) is 16.1. The Kier molecular flexibility index (Phi) is 5.65. The summed E-state index contributed by atoms with van der Waals surface area (Å²) < 4.78 is 30.7. The normalized spacial score (nSPS) is 11.5. The molecule has 0 saturated carbocycles. The summed E-state index contributed by atoms with van der Waals surface area (Å²) in [4.78, 5) is 0. The Labute approximate surface area is 199 Å². The Bertz CT molecular complexity index is 1290. The van der Waals surface area contributed by atoms with Crippen LogP contribution in [0.1, 0.15) is 16.7 Å². The molecule has 0 atom stereocenters. The third-order valence-corrected chi connectivity index (χ3v) is 6.35. The Hall–Kier alpha value is -3.57. The number of aromatic nitrogens is 2. The van der Waals surface area contributed by atoms with E-state index in [0.29, 0.717) is 10.2 Å². The van der Waals surface area contributed by atoms with Gasteiger partial charge in [0.25, 0.3) is 0 Å². The molecule has 0 spiro atoms. The largest absolute Gasteiger partial charge is 0.251 e. The second-order valence-corrected chi connectivity index (χ2v) is 8.56. The van der Waals surface area contributed by atoms with E-state index < -0.39 is 17.2 Å². The molecule has 0 N–H and O–H groups in total. The van der Waals surface area contributed by atoms with Crippen LogP contribution in [-0.4, -0.2) is 9.78 Å². The first-order valence-electron chi connectivity index (χ1n) is 10.5. The van der Waals surface area contributed by atoms with E-state index >= 15 is 0 Å². The van der Waals surface area contributed by atoms with Crippen molar-refractivity contribution in [2.75, 3.05) is 0 Å². The summed E-state index contributed by atoms with van der Waals surface area (Å²) in [6.45, 7) is 0. The van der Waals surface area contributed by atoms with Gasteiger partial charge in [0.05, 0.1) is 4.47 Å². The summed E-state index contributed by atoms with van der Waals surface area (Å²) >= 11 is 3.57. The van der Waals surface area contributed by atoms with E-state index in [4.69, 9.17) is 5.10 Å². The van der Waals surface area contributed by atoms with Gasteiger partial charge in [0.2, 0.25) is 0 Å². The summed E-state index contributed by atoms with van der Waals surface area (Å²) in [5.41, 5.74) is 2.82. The Balaban J connectivity index is 1.85.